The Bertz CT molecular complexity index is 2250. The minimum absolute atomic E-state index is 0.0371. The number of unbranched alkanes of at least 4 members (excludes halogenated alkanes) is 2. The average Bonchev–Trinajstić information content (AvgIpc) is 3.64. The Hall–Kier alpha value is -4.88. The van der Waals surface area contributed by atoms with Gasteiger partial charge in [-0.25, -0.2) is 13.2 Å². The van der Waals surface area contributed by atoms with E-state index < -0.39 is 44.7 Å². The van der Waals surface area contributed by atoms with E-state index in [0.29, 0.717) is 32.1 Å². The van der Waals surface area contributed by atoms with Crippen LogP contribution in [0.2, 0.25) is 0 Å². The third-order valence-electron chi connectivity index (χ3n) is 10.1. The molecule has 274 valence electrons. The van der Waals surface area contributed by atoms with Crippen molar-refractivity contribution in [3.8, 4) is 0 Å². The van der Waals surface area contributed by atoms with Crippen molar-refractivity contribution in [3.63, 3.8) is 0 Å². The number of benzene rings is 3. The molecule has 1 atom stereocenters. The standard InChI is InChI=1S/C39H43N3O9S/c1-5-8-18-39(19-9-6-2)35(44)26-16-17-27-32(43)28-21-24(37(46)50-7-3)22-29(33(28)51-34(27)31(26)41-38(39)47)40-36(45)30-11-10-20-42(30)52(48,49)25-14-12-23(4)13-15-25/h12-17,21-22,30H,5-11,18-20H2,1-4H3,(H,40,45)(H,41,47)/t30-/m0/s1. The number of aryl methyl sites for hydroxylation is 1. The first kappa shape index (κ1) is 36.9. The molecule has 2 N–H and O–H groups in total. The number of rotatable bonds is 12. The molecule has 4 aromatic rings. The van der Waals surface area contributed by atoms with Gasteiger partial charge in [0.05, 0.1) is 39.2 Å². The van der Waals surface area contributed by atoms with Gasteiger partial charge in [0, 0.05) is 12.1 Å². The fourth-order valence-electron chi connectivity index (χ4n) is 7.24. The number of ether oxygens (including phenoxy) is 1. The van der Waals surface area contributed by atoms with Gasteiger partial charge in [0.15, 0.2) is 16.9 Å². The summed E-state index contributed by atoms with van der Waals surface area (Å²) in [4.78, 5) is 69.1. The van der Waals surface area contributed by atoms with Crippen LogP contribution in [0, 0.1) is 12.3 Å². The van der Waals surface area contributed by atoms with E-state index in [-0.39, 0.29) is 74.7 Å². The molecule has 3 aromatic carbocycles. The van der Waals surface area contributed by atoms with Gasteiger partial charge in [-0.05, 0) is 75.9 Å². The minimum Gasteiger partial charge on any atom is -0.462 e. The zero-order valence-electron chi connectivity index (χ0n) is 29.8. The number of fused-ring (bicyclic) bond motifs is 4. The van der Waals surface area contributed by atoms with E-state index in [2.05, 4.69) is 10.6 Å². The number of ketones is 1. The number of nitrogens with zero attached hydrogens (tertiary/aromatic N) is 1. The highest BCUT2D eigenvalue weighted by Gasteiger charge is 2.49. The van der Waals surface area contributed by atoms with Gasteiger partial charge in [-0.3, -0.25) is 19.2 Å². The van der Waals surface area contributed by atoms with Crippen LogP contribution in [-0.2, 0) is 24.3 Å². The number of esters is 1. The van der Waals surface area contributed by atoms with Crippen LogP contribution in [0.1, 0.15) is 98.4 Å². The molecule has 2 aliphatic heterocycles. The Kier molecular flexibility index (Phi) is 10.4. The van der Waals surface area contributed by atoms with Crippen molar-refractivity contribution in [2.75, 3.05) is 23.8 Å². The third kappa shape index (κ3) is 6.40. The Labute approximate surface area is 301 Å². The number of carbonyl (C=O) groups is 4. The van der Waals surface area contributed by atoms with Crippen molar-refractivity contribution in [2.45, 2.75) is 90.0 Å². The van der Waals surface area contributed by atoms with Gasteiger partial charge in [-0.15, -0.1) is 0 Å². The number of nitrogens with one attached hydrogen (secondary N) is 2. The summed E-state index contributed by atoms with van der Waals surface area (Å²) in [7, 11) is -4.04. The number of hydrogen-bond donors (Lipinski definition) is 2. The summed E-state index contributed by atoms with van der Waals surface area (Å²) in [6.45, 7) is 7.64. The lowest BCUT2D eigenvalue weighted by atomic mass is 9.69. The molecule has 12 nitrogen and oxygen atoms in total. The second-order valence-corrected chi connectivity index (χ2v) is 15.5. The molecule has 1 saturated heterocycles. The highest BCUT2D eigenvalue weighted by Crippen LogP contribution is 2.44. The normalized spacial score (nSPS) is 17.3. The first-order chi connectivity index (χ1) is 24.9. The fraction of sp³-hybridized carbons (Fsp3) is 0.410. The van der Waals surface area contributed by atoms with Crippen molar-refractivity contribution in [3.05, 3.63) is 75.4 Å². The smallest absolute Gasteiger partial charge is 0.338 e. The summed E-state index contributed by atoms with van der Waals surface area (Å²) >= 11 is 0. The van der Waals surface area contributed by atoms with Crippen LogP contribution in [0.3, 0.4) is 0 Å². The number of sulfonamides is 1. The highest BCUT2D eigenvalue weighted by atomic mass is 32.2. The second kappa shape index (κ2) is 14.6. The minimum atomic E-state index is -4.04. The zero-order chi connectivity index (χ0) is 37.4. The predicted molar refractivity (Wildman–Crippen MR) is 197 cm³/mol. The van der Waals surface area contributed by atoms with Crippen molar-refractivity contribution in [1.82, 2.24) is 4.31 Å². The molecule has 0 radical (unpaired) electrons. The Morgan fingerprint density at radius 1 is 0.962 bits per heavy atom. The van der Waals surface area contributed by atoms with Crippen LogP contribution in [-0.4, -0.2) is 55.5 Å². The number of amides is 2. The summed E-state index contributed by atoms with van der Waals surface area (Å²) < 4.78 is 40.0. The van der Waals surface area contributed by atoms with E-state index in [9.17, 15) is 32.4 Å². The van der Waals surface area contributed by atoms with Crippen LogP contribution in [0.5, 0.6) is 0 Å². The van der Waals surface area contributed by atoms with Gasteiger partial charge in [0.2, 0.25) is 27.3 Å². The largest absolute Gasteiger partial charge is 0.462 e. The molecule has 0 unspecified atom stereocenters. The van der Waals surface area contributed by atoms with E-state index in [4.69, 9.17) is 9.15 Å². The van der Waals surface area contributed by atoms with Gasteiger partial charge < -0.3 is 19.8 Å². The average molecular weight is 730 g/mol. The zero-order valence-corrected chi connectivity index (χ0v) is 30.6. The predicted octanol–water partition coefficient (Wildman–Crippen LogP) is 6.72. The molecule has 0 spiro atoms. The second-order valence-electron chi connectivity index (χ2n) is 13.6. The van der Waals surface area contributed by atoms with Crippen LogP contribution < -0.4 is 16.1 Å². The van der Waals surface area contributed by atoms with E-state index in [1.54, 1.807) is 19.1 Å². The molecule has 3 heterocycles. The van der Waals surface area contributed by atoms with Crippen molar-refractivity contribution in [2.24, 2.45) is 5.41 Å². The highest BCUT2D eigenvalue weighted by molar-refractivity contribution is 7.89. The molecular weight excluding hydrogens is 687 g/mol. The maximum atomic E-state index is 14.2. The van der Waals surface area contributed by atoms with E-state index in [1.807, 2.05) is 20.8 Å². The van der Waals surface area contributed by atoms with Gasteiger partial charge in [-0.1, -0.05) is 57.2 Å². The number of Topliss-reactive ketones (excluding diaryl/α,β-unsaturated/α-hetero) is 1. The van der Waals surface area contributed by atoms with Gasteiger partial charge in [0.1, 0.15) is 11.5 Å². The SMILES string of the molecule is CCCCC1(CCCC)C(=O)Nc2c(ccc3c(=O)c4cc(C(=O)OCC)cc(NC(=O)[C@@H]5CCCN5S(=O)(=O)c5ccc(C)cc5)c4oc23)C1=O. The van der Waals surface area contributed by atoms with E-state index in [0.717, 1.165) is 22.7 Å². The summed E-state index contributed by atoms with van der Waals surface area (Å²) in [5.74, 6) is -2.22. The van der Waals surface area contributed by atoms with E-state index >= 15 is 0 Å². The van der Waals surface area contributed by atoms with Crippen molar-refractivity contribution in [1.29, 1.82) is 0 Å². The van der Waals surface area contributed by atoms with E-state index in [1.165, 1.54) is 36.4 Å². The van der Waals surface area contributed by atoms with Crippen molar-refractivity contribution < 1.29 is 36.7 Å². The van der Waals surface area contributed by atoms with Crippen molar-refractivity contribution >= 4 is 66.9 Å². The fourth-order valence-corrected chi connectivity index (χ4v) is 8.90. The molecule has 6 rings (SSSR count). The third-order valence-corrected chi connectivity index (χ3v) is 12.0. The summed E-state index contributed by atoms with van der Waals surface area (Å²) in [5, 5.41) is 5.63. The molecule has 13 heteroatoms. The Morgan fingerprint density at radius 2 is 1.65 bits per heavy atom. The lowest BCUT2D eigenvalue weighted by molar-refractivity contribution is -0.124. The molecular formula is C39H43N3O9S. The molecule has 0 aliphatic carbocycles. The van der Waals surface area contributed by atoms with Crippen LogP contribution in [0.4, 0.5) is 11.4 Å². The maximum Gasteiger partial charge on any atom is 0.338 e. The van der Waals surface area contributed by atoms with Gasteiger partial charge >= 0.3 is 5.97 Å². The van der Waals surface area contributed by atoms with Crippen LogP contribution in [0.15, 0.2) is 62.6 Å². The molecule has 0 saturated carbocycles. The molecule has 2 amide bonds. The number of anilines is 2. The van der Waals surface area contributed by atoms with Crippen LogP contribution in [0.25, 0.3) is 21.9 Å². The lowest BCUT2D eigenvalue weighted by Gasteiger charge is -2.35. The first-order valence-electron chi connectivity index (χ1n) is 17.9. The quantitative estimate of drug-likeness (QED) is 0.0913. The molecule has 52 heavy (non-hydrogen) atoms. The summed E-state index contributed by atoms with van der Waals surface area (Å²) in [6.07, 6.45) is 4.42. The molecule has 1 aromatic heterocycles. The number of hydrogen-bond acceptors (Lipinski definition) is 9. The molecule has 2 aliphatic rings. The Morgan fingerprint density at radius 3 is 2.31 bits per heavy atom. The lowest BCUT2D eigenvalue weighted by Crippen LogP contribution is -2.47. The van der Waals surface area contributed by atoms with Gasteiger partial charge in [0.25, 0.3) is 0 Å². The summed E-state index contributed by atoms with van der Waals surface area (Å²) in [5.41, 5.74) is -0.931. The summed E-state index contributed by atoms with van der Waals surface area (Å²) in [6, 6.07) is 10.9. The maximum absolute atomic E-state index is 14.2. The molecule has 0 bridgehead atoms. The first-order valence-corrected chi connectivity index (χ1v) is 19.3. The Balaban J connectivity index is 1.47. The van der Waals surface area contributed by atoms with Crippen LogP contribution >= 0.6 is 0 Å². The molecule has 1 fully saturated rings. The number of carbonyl (C=O) groups excluding carboxylic acids is 4. The topological polar surface area (TPSA) is 169 Å². The van der Waals surface area contributed by atoms with Gasteiger partial charge in [-0.2, -0.15) is 4.31 Å². The monoisotopic (exact) mass is 729 g/mol.